The summed E-state index contributed by atoms with van der Waals surface area (Å²) in [5.74, 6) is -0.988. The minimum Gasteiger partial charge on any atom is -0.344 e. The van der Waals surface area contributed by atoms with E-state index < -0.39 is 5.79 Å². The molecule has 0 N–H and O–H groups in total. The summed E-state index contributed by atoms with van der Waals surface area (Å²) >= 11 is 0. The molecule has 1 aliphatic rings. The van der Waals surface area contributed by atoms with Gasteiger partial charge in [-0.1, -0.05) is 0 Å². The molecule has 1 aliphatic heterocycles. The predicted octanol–water partition coefficient (Wildman–Crippen LogP) is 0.727. The summed E-state index contributed by atoms with van der Waals surface area (Å²) in [6, 6.07) is 0. The van der Waals surface area contributed by atoms with E-state index >= 15 is 0 Å². The first-order valence-corrected chi connectivity index (χ1v) is 3.44. The Kier molecular flexibility index (Phi) is 2.06. The minimum atomic E-state index is -0.988. The molecule has 0 spiro atoms. The molecular formula is C7H12O3. The topological polar surface area (TPSA) is 35.5 Å². The van der Waals surface area contributed by atoms with Gasteiger partial charge in [-0.2, -0.15) is 0 Å². The van der Waals surface area contributed by atoms with Crippen molar-refractivity contribution in [3.63, 3.8) is 0 Å². The Hall–Kier alpha value is -0.410. The van der Waals surface area contributed by atoms with Gasteiger partial charge in [0.25, 0.3) is 0 Å². The van der Waals surface area contributed by atoms with Crippen LogP contribution in [0.4, 0.5) is 0 Å². The number of carbonyl (C=O) groups excluding carboxylic acids is 1. The Morgan fingerprint density at radius 2 is 2.40 bits per heavy atom. The molecule has 0 amide bonds. The second-order valence-electron chi connectivity index (χ2n) is 2.70. The molecule has 1 heterocycles. The molecule has 0 aromatic heterocycles. The van der Waals surface area contributed by atoms with Crippen LogP contribution in [0.3, 0.4) is 0 Å². The Morgan fingerprint density at radius 1 is 1.70 bits per heavy atom. The Labute approximate surface area is 60.3 Å². The van der Waals surface area contributed by atoms with Gasteiger partial charge in [-0.3, -0.25) is 4.79 Å². The summed E-state index contributed by atoms with van der Waals surface area (Å²) in [6.07, 6.45) is 1.69. The van der Waals surface area contributed by atoms with Gasteiger partial charge in [0.05, 0.1) is 12.7 Å². The van der Waals surface area contributed by atoms with Crippen molar-refractivity contribution in [3.05, 3.63) is 0 Å². The first-order valence-electron chi connectivity index (χ1n) is 3.44. The highest BCUT2D eigenvalue weighted by Gasteiger charge is 2.31. The zero-order chi connectivity index (χ0) is 7.61. The molecule has 1 saturated heterocycles. The summed E-state index contributed by atoms with van der Waals surface area (Å²) in [6.45, 7) is 4.18. The highest BCUT2D eigenvalue weighted by Crippen LogP contribution is 2.19. The summed E-state index contributed by atoms with van der Waals surface area (Å²) in [5, 5.41) is 0. The van der Waals surface area contributed by atoms with Crippen molar-refractivity contribution in [1.82, 2.24) is 0 Å². The van der Waals surface area contributed by atoms with Gasteiger partial charge in [0.15, 0.2) is 6.29 Å². The summed E-state index contributed by atoms with van der Waals surface area (Å²) in [5.41, 5.74) is 0. The van der Waals surface area contributed by atoms with Crippen molar-refractivity contribution in [2.75, 3.05) is 6.61 Å². The van der Waals surface area contributed by atoms with E-state index in [1.807, 2.05) is 6.92 Å². The molecule has 0 bridgehead atoms. The van der Waals surface area contributed by atoms with Crippen molar-refractivity contribution in [1.29, 1.82) is 0 Å². The van der Waals surface area contributed by atoms with Gasteiger partial charge >= 0.3 is 0 Å². The average molecular weight is 144 g/mol. The number of rotatable bonds is 1. The zero-order valence-electron chi connectivity index (χ0n) is 6.29. The highest BCUT2D eigenvalue weighted by atomic mass is 16.7. The molecule has 0 unspecified atom stereocenters. The average Bonchev–Trinajstić information content (AvgIpc) is 1.88. The van der Waals surface area contributed by atoms with Crippen molar-refractivity contribution >= 4 is 6.29 Å². The first-order chi connectivity index (χ1) is 4.66. The molecule has 0 saturated carbocycles. The van der Waals surface area contributed by atoms with Gasteiger partial charge in [-0.05, 0) is 20.3 Å². The molecule has 3 heteroatoms. The van der Waals surface area contributed by atoms with E-state index in [0.717, 1.165) is 6.42 Å². The predicted molar refractivity (Wildman–Crippen MR) is 35.6 cm³/mol. The molecule has 1 rings (SSSR count). The van der Waals surface area contributed by atoms with Gasteiger partial charge < -0.3 is 9.47 Å². The second kappa shape index (κ2) is 2.68. The van der Waals surface area contributed by atoms with Crippen LogP contribution in [0.25, 0.3) is 0 Å². The van der Waals surface area contributed by atoms with E-state index in [1.54, 1.807) is 6.92 Å². The maximum atomic E-state index is 10.4. The smallest absolute Gasteiger partial charge is 0.223 e. The second-order valence-corrected chi connectivity index (χ2v) is 2.70. The molecule has 0 aromatic rings. The fourth-order valence-corrected chi connectivity index (χ4v) is 0.982. The molecule has 58 valence electrons. The molecule has 1 fully saturated rings. The quantitative estimate of drug-likeness (QED) is 0.509. The monoisotopic (exact) mass is 144 g/mol. The van der Waals surface area contributed by atoms with Gasteiger partial charge in [0, 0.05) is 0 Å². The molecule has 2 atom stereocenters. The summed E-state index contributed by atoms with van der Waals surface area (Å²) in [7, 11) is 0. The van der Waals surface area contributed by atoms with Gasteiger partial charge in [-0.15, -0.1) is 0 Å². The van der Waals surface area contributed by atoms with E-state index in [1.165, 1.54) is 0 Å². The standard InChI is InChI=1S/C7H12O3/c1-6-3-4-9-7(2,5-8)10-6/h5-6H,3-4H2,1-2H3/t6-,7+/m0/s1. The number of hydrogen-bond donors (Lipinski definition) is 0. The largest absolute Gasteiger partial charge is 0.344 e. The number of ether oxygens (including phenoxy) is 2. The Bertz CT molecular complexity index is 135. The lowest BCUT2D eigenvalue weighted by atomic mass is 10.2. The highest BCUT2D eigenvalue weighted by molar-refractivity contribution is 5.59. The number of hydrogen-bond acceptors (Lipinski definition) is 3. The number of aldehydes is 1. The Balaban J connectivity index is 2.53. The van der Waals surface area contributed by atoms with Crippen LogP contribution in [0.2, 0.25) is 0 Å². The summed E-state index contributed by atoms with van der Waals surface area (Å²) < 4.78 is 10.3. The third-order valence-corrected chi connectivity index (χ3v) is 1.56. The minimum absolute atomic E-state index is 0.129. The lowest BCUT2D eigenvalue weighted by molar-refractivity contribution is -0.256. The molecule has 3 nitrogen and oxygen atoms in total. The van der Waals surface area contributed by atoms with Crippen LogP contribution in [-0.4, -0.2) is 24.8 Å². The molecule has 0 aromatic carbocycles. The first kappa shape index (κ1) is 7.69. The van der Waals surface area contributed by atoms with Crippen LogP contribution >= 0.6 is 0 Å². The third kappa shape index (κ3) is 1.55. The van der Waals surface area contributed by atoms with E-state index in [9.17, 15) is 4.79 Å². The van der Waals surface area contributed by atoms with E-state index in [-0.39, 0.29) is 6.10 Å². The molecular weight excluding hydrogens is 132 g/mol. The van der Waals surface area contributed by atoms with Gasteiger partial charge in [0.1, 0.15) is 0 Å². The van der Waals surface area contributed by atoms with Crippen LogP contribution in [0, 0.1) is 0 Å². The van der Waals surface area contributed by atoms with Crippen LogP contribution in [0.1, 0.15) is 20.3 Å². The van der Waals surface area contributed by atoms with Crippen molar-refractivity contribution in [2.24, 2.45) is 0 Å². The van der Waals surface area contributed by atoms with Crippen molar-refractivity contribution in [3.8, 4) is 0 Å². The van der Waals surface area contributed by atoms with Gasteiger partial charge in [-0.25, -0.2) is 0 Å². The summed E-state index contributed by atoms with van der Waals surface area (Å²) in [4.78, 5) is 10.4. The Morgan fingerprint density at radius 3 is 2.80 bits per heavy atom. The zero-order valence-corrected chi connectivity index (χ0v) is 6.29. The van der Waals surface area contributed by atoms with E-state index in [2.05, 4.69) is 0 Å². The van der Waals surface area contributed by atoms with Crippen LogP contribution in [0.15, 0.2) is 0 Å². The van der Waals surface area contributed by atoms with Gasteiger partial charge in [0.2, 0.25) is 5.79 Å². The van der Waals surface area contributed by atoms with E-state index in [4.69, 9.17) is 9.47 Å². The van der Waals surface area contributed by atoms with Crippen molar-refractivity contribution < 1.29 is 14.3 Å². The molecule has 10 heavy (non-hydrogen) atoms. The van der Waals surface area contributed by atoms with Crippen LogP contribution in [0.5, 0.6) is 0 Å². The SMILES string of the molecule is C[C@H]1CCO[C@@](C)(C=O)O1. The molecule has 0 radical (unpaired) electrons. The fraction of sp³-hybridized carbons (Fsp3) is 0.857. The lowest BCUT2D eigenvalue weighted by Gasteiger charge is -2.32. The fourth-order valence-electron chi connectivity index (χ4n) is 0.982. The van der Waals surface area contributed by atoms with Crippen LogP contribution < -0.4 is 0 Å². The lowest BCUT2D eigenvalue weighted by Crippen LogP contribution is -2.42. The normalized spacial score (nSPS) is 41.2. The maximum absolute atomic E-state index is 10.4. The van der Waals surface area contributed by atoms with E-state index in [0.29, 0.717) is 12.9 Å². The third-order valence-electron chi connectivity index (χ3n) is 1.56. The van der Waals surface area contributed by atoms with Crippen LogP contribution in [-0.2, 0) is 14.3 Å². The molecule has 0 aliphatic carbocycles. The van der Waals surface area contributed by atoms with Crippen molar-refractivity contribution in [2.45, 2.75) is 32.2 Å². The number of carbonyl (C=O) groups is 1. The maximum Gasteiger partial charge on any atom is 0.223 e.